The zero-order valence-electron chi connectivity index (χ0n) is 10.2. The molecule has 2 aliphatic rings. The summed E-state index contributed by atoms with van der Waals surface area (Å²) < 4.78 is 0. The Bertz CT molecular complexity index is 189. The topological polar surface area (TPSA) is 18.5 Å². The Morgan fingerprint density at radius 1 is 1.33 bits per heavy atom. The summed E-state index contributed by atoms with van der Waals surface area (Å²) in [6, 6.07) is 1.54. The second-order valence-electron chi connectivity index (χ2n) is 5.23. The van der Waals surface area contributed by atoms with Crippen LogP contribution in [0, 0.1) is 0 Å². The first-order valence-corrected chi connectivity index (χ1v) is 6.41. The van der Waals surface area contributed by atoms with Crippen LogP contribution < -0.4 is 5.32 Å². The van der Waals surface area contributed by atoms with Gasteiger partial charge in [0.2, 0.25) is 0 Å². The molecule has 3 heteroatoms. The van der Waals surface area contributed by atoms with Crippen molar-refractivity contribution in [3.8, 4) is 0 Å². The van der Waals surface area contributed by atoms with Gasteiger partial charge in [-0.05, 0) is 39.8 Å². The molecular weight excluding hydrogens is 186 g/mol. The van der Waals surface area contributed by atoms with Crippen LogP contribution in [0.1, 0.15) is 26.2 Å². The molecule has 2 heterocycles. The van der Waals surface area contributed by atoms with Gasteiger partial charge < -0.3 is 10.2 Å². The van der Waals surface area contributed by atoms with E-state index in [9.17, 15) is 0 Å². The first kappa shape index (κ1) is 11.4. The van der Waals surface area contributed by atoms with Crippen molar-refractivity contribution >= 4 is 0 Å². The van der Waals surface area contributed by atoms with E-state index < -0.39 is 0 Å². The predicted octanol–water partition coefficient (Wildman–Crippen LogP) is 0.764. The molecule has 0 aromatic heterocycles. The minimum atomic E-state index is 0.741. The summed E-state index contributed by atoms with van der Waals surface area (Å²) in [5, 5.41) is 3.58. The lowest BCUT2D eigenvalue weighted by molar-refractivity contribution is 0.0967. The van der Waals surface area contributed by atoms with Crippen molar-refractivity contribution in [3.05, 3.63) is 0 Å². The Morgan fingerprint density at radius 2 is 2.20 bits per heavy atom. The smallest absolute Gasteiger partial charge is 0.0195 e. The van der Waals surface area contributed by atoms with E-state index in [1.165, 1.54) is 52.0 Å². The molecule has 2 unspecified atom stereocenters. The molecule has 3 nitrogen and oxygen atoms in total. The van der Waals surface area contributed by atoms with Gasteiger partial charge in [0.1, 0.15) is 0 Å². The Labute approximate surface area is 93.8 Å². The molecule has 0 aromatic carbocycles. The van der Waals surface area contributed by atoms with Gasteiger partial charge in [0.05, 0.1) is 0 Å². The van der Waals surface area contributed by atoms with E-state index in [2.05, 4.69) is 29.1 Å². The molecule has 2 aliphatic heterocycles. The highest BCUT2D eigenvalue weighted by atomic mass is 15.3. The van der Waals surface area contributed by atoms with Crippen molar-refractivity contribution in [1.82, 2.24) is 15.1 Å². The van der Waals surface area contributed by atoms with Crippen LogP contribution in [0.2, 0.25) is 0 Å². The molecule has 2 rings (SSSR count). The molecule has 0 bridgehead atoms. The van der Waals surface area contributed by atoms with E-state index in [0.29, 0.717) is 0 Å². The van der Waals surface area contributed by atoms with Crippen LogP contribution in [-0.4, -0.2) is 61.7 Å². The minimum Gasteiger partial charge on any atom is -0.314 e. The molecule has 2 saturated heterocycles. The Hall–Kier alpha value is -0.120. The summed E-state index contributed by atoms with van der Waals surface area (Å²) in [5.74, 6) is 0. The van der Waals surface area contributed by atoms with Gasteiger partial charge in [-0.1, -0.05) is 0 Å². The van der Waals surface area contributed by atoms with Gasteiger partial charge in [0.15, 0.2) is 0 Å². The van der Waals surface area contributed by atoms with Crippen molar-refractivity contribution in [2.24, 2.45) is 0 Å². The van der Waals surface area contributed by atoms with Crippen LogP contribution in [0.25, 0.3) is 0 Å². The van der Waals surface area contributed by atoms with Gasteiger partial charge in [-0.2, -0.15) is 0 Å². The van der Waals surface area contributed by atoms with Crippen LogP contribution in [0.4, 0.5) is 0 Å². The summed E-state index contributed by atoms with van der Waals surface area (Å²) in [4.78, 5) is 5.09. The normalized spacial score (nSPS) is 34.8. The van der Waals surface area contributed by atoms with E-state index in [4.69, 9.17) is 0 Å². The van der Waals surface area contributed by atoms with Gasteiger partial charge in [-0.25, -0.2) is 0 Å². The average molecular weight is 211 g/mol. The van der Waals surface area contributed by atoms with Crippen LogP contribution >= 0.6 is 0 Å². The zero-order valence-corrected chi connectivity index (χ0v) is 10.2. The number of nitrogens with zero attached hydrogens (tertiary/aromatic N) is 2. The van der Waals surface area contributed by atoms with E-state index >= 15 is 0 Å². The summed E-state index contributed by atoms with van der Waals surface area (Å²) >= 11 is 0. The molecule has 2 atom stereocenters. The standard InChI is InChI=1S/C12H25N3/c1-11-10-14(2)8-9-15(11)7-5-12-4-3-6-13-12/h11-13H,3-10H2,1-2H3. The Kier molecular flexibility index (Phi) is 4.00. The third kappa shape index (κ3) is 3.16. The molecule has 0 radical (unpaired) electrons. The quantitative estimate of drug-likeness (QED) is 0.744. The van der Waals surface area contributed by atoms with Gasteiger partial charge >= 0.3 is 0 Å². The van der Waals surface area contributed by atoms with Crippen LogP contribution in [0.3, 0.4) is 0 Å². The lowest BCUT2D eigenvalue weighted by Crippen LogP contribution is -2.51. The molecule has 88 valence electrons. The highest BCUT2D eigenvalue weighted by Crippen LogP contribution is 2.13. The zero-order chi connectivity index (χ0) is 10.7. The van der Waals surface area contributed by atoms with E-state index in [1.807, 2.05) is 0 Å². The maximum absolute atomic E-state index is 3.58. The predicted molar refractivity (Wildman–Crippen MR) is 64.2 cm³/mol. The Morgan fingerprint density at radius 3 is 2.87 bits per heavy atom. The largest absolute Gasteiger partial charge is 0.314 e. The third-order valence-electron chi connectivity index (χ3n) is 3.90. The van der Waals surface area contributed by atoms with Crippen molar-refractivity contribution < 1.29 is 0 Å². The second-order valence-corrected chi connectivity index (χ2v) is 5.23. The number of piperazine rings is 1. The van der Waals surface area contributed by atoms with E-state index in [-0.39, 0.29) is 0 Å². The number of hydrogen-bond acceptors (Lipinski definition) is 3. The fourth-order valence-electron chi connectivity index (χ4n) is 2.83. The maximum atomic E-state index is 3.58. The van der Waals surface area contributed by atoms with E-state index in [1.54, 1.807) is 0 Å². The highest BCUT2D eigenvalue weighted by molar-refractivity contribution is 4.80. The van der Waals surface area contributed by atoms with Gasteiger partial charge in [-0.15, -0.1) is 0 Å². The van der Waals surface area contributed by atoms with Crippen molar-refractivity contribution in [2.45, 2.75) is 38.3 Å². The molecule has 2 fully saturated rings. The molecule has 15 heavy (non-hydrogen) atoms. The van der Waals surface area contributed by atoms with Gasteiger partial charge in [0.25, 0.3) is 0 Å². The molecule has 0 amide bonds. The molecule has 0 saturated carbocycles. The lowest BCUT2D eigenvalue weighted by Gasteiger charge is -2.38. The molecular formula is C12H25N3. The fourth-order valence-corrected chi connectivity index (χ4v) is 2.83. The minimum absolute atomic E-state index is 0.741. The molecule has 0 aromatic rings. The Balaban J connectivity index is 1.69. The van der Waals surface area contributed by atoms with Crippen molar-refractivity contribution in [1.29, 1.82) is 0 Å². The lowest BCUT2D eigenvalue weighted by atomic mass is 10.1. The monoisotopic (exact) mass is 211 g/mol. The second kappa shape index (κ2) is 5.28. The van der Waals surface area contributed by atoms with Gasteiger partial charge in [0, 0.05) is 38.3 Å². The number of likely N-dealkylation sites (N-methyl/N-ethyl adjacent to an activating group) is 1. The summed E-state index contributed by atoms with van der Waals surface area (Å²) in [5.41, 5.74) is 0. The van der Waals surface area contributed by atoms with Crippen molar-refractivity contribution in [3.63, 3.8) is 0 Å². The highest BCUT2D eigenvalue weighted by Gasteiger charge is 2.22. The fraction of sp³-hybridized carbons (Fsp3) is 1.00. The van der Waals surface area contributed by atoms with Crippen LogP contribution in [-0.2, 0) is 0 Å². The summed E-state index contributed by atoms with van der Waals surface area (Å²) in [7, 11) is 2.23. The number of rotatable bonds is 3. The molecule has 0 aliphatic carbocycles. The van der Waals surface area contributed by atoms with Crippen LogP contribution in [0.5, 0.6) is 0 Å². The molecule has 1 N–H and O–H groups in total. The first-order chi connectivity index (χ1) is 7.25. The first-order valence-electron chi connectivity index (χ1n) is 6.41. The van der Waals surface area contributed by atoms with Gasteiger partial charge in [-0.3, -0.25) is 4.90 Å². The summed E-state index contributed by atoms with van der Waals surface area (Å²) in [6.07, 6.45) is 4.11. The van der Waals surface area contributed by atoms with E-state index in [0.717, 1.165) is 12.1 Å². The number of nitrogens with one attached hydrogen (secondary N) is 1. The molecule has 0 spiro atoms. The number of hydrogen-bond donors (Lipinski definition) is 1. The average Bonchev–Trinajstić information content (AvgIpc) is 2.69. The van der Waals surface area contributed by atoms with Crippen LogP contribution in [0.15, 0.2) is 0 Å². The third-order valence-corrected chi connectivity index (χ3v) is 3.90. The SMILES string of the molecule is CC1CN(C)CCN1CCC1CCCN1. The maximum Gasteiger partial charge on any atom is 0.0195 e. The van der Waals surface area contributed by atoms with Crippen molar-refractivity contribution in [2.75, 3.05) is 39.8 Å². The summed E-state index contributed by atoms with van der Waals surface area (Å²) in [6.45, 7) is 8.61.